The number of benzene rings is 1. The van der Waals surface area contributed by atoms with Gasteiger partial charge in [-0.05, 0) is 44.2 Å². The highest BCUT2D eigenvalue weighted by molar-refractivity contribution is 5.79. The number of hydrogen-bond donors (Lipinski definition) is 2. The molecule has 1 aromatic rings. The zero-order valence-corrected chi connectivity index (χ0v) is 17.0. The number of nitrogens with one attached hydrogen (secondary N) is 2. The Morgan fingerprint density at radius 3 is 2.48 bits per heavy atom. The predicted molar refractivity (Wildman–Crippen MR) is 107 cm³/mol. The predicted octanol–water partition coefficient (Wildman–Crippen LogP) is 2.58. The van der Waals surface area contributed by atoms with Crippen molar-refractivity contribution < 1.29 is 18.9 Å². The summed E-state index contributed by atoms with van der Waals surface area (Å²) >= 11 is 0. The van der Waals surface area contributed by atoms with Gasteiger partial charge in [0, 0.05) is 31.9 Å². The first-order chi connectivity index (χ1) is 13.2. The molecule has 152 valence electrons. The Kier molecular flexibility index (Phi) is 9.04. The fraction of sp³-hybridized carbons (Fsp3) is 0.650. The molecule has 1 aromatic carbocycles. The van der Waals surface area contributed by atoms with Gasteiger partial charge in [0.05, 0.1) is 27.9 Å². The molecular weight excluding hydrogens is 346 g/mol. The molecule has 0 aromatic heterocycles. The van der Waals surface area contributed by atoms with Crippen LogP contribution in [0.5, 0.6) is 17.2 Å². The summed E-state index contributed by atoms with van der Waals surface area (Å²) in [5.74, 6) is 3.45. The number of aliphatic imine (C=N–C) groups is 1. The third-order valence-corrected chi connectivity index (χ3v) is 4.35. The lowest BCUT2D eigenvalue weighted by atomic mass is 10.1. The number of ether oxygens (including phenoxy) is 4. The van der Waals surface area contributed by atoms with Gasteiger partial charge in [0.1, 0.15) is 0 Å². The molecule has 0 atom stereocenters. The highest BCUT2D eigenvalue weighted by Crippen LogP contribution is 2.39. The summed E-state index contributed by atoms with van der Waals surface area (Å²) in [6.45, 7) is 5.83. The van der Waals surface area contributed by atoms with Crippen molar-refractivity contribution >= 4 is 5.96 Å². The quantitative estimate of drug-likeness (QED) is 0.330. The topological polar surface area (TPSA) is 73.3 Å². The molecule has 0 spiro atoms. The Morgan fingerprint density at radius 1 is 1.07 bits per heavy atom. The fourth-order valence-corrected chi connectivity index (χ4v) is 2.71. The first-order valence-electron chi connectivity index (χ1n) is 9.61. The minimum absolute atomic E-state index is 0.469. The van der Waals surface area contributed by atoms with Crippen LogP contribution in [0.4, 0.5) is 0 Å². The van der Waals surface area contributed by atoms with Crippen LogP contribution in [0.3, 0.4) is 0 Å². The van der Waals surface area contributed by atoms with E-state index in [0.29, 0.717) is 23.8 Å². The molecule has 0 heterocycles. The Hall–Kier alpha value is -2.15. The molecule has 2 rings (SSSR count). The van der Waals surface area contributed by atoms with E-state index in [0.717, 1.165) is 50.2 Å². The smallest absolute Gasteiger partial charge is 0.203 e. The standard InChI is InChI=1S/C20H33N3O4/c1-5-21-20(22-11-6-12-27-14-15-7-8-15)23-13-16-9-10-17(24-2)19(26-4)18(16)25-3/h9-10,15H,5-8,11-14H2,1-4H3,(H2,21,22,23). The van der Waals surface area contributed by atoms with Gasteiger partial charge in [0.25, 0.3) is 0 Å². The second kappa shape index (κ2) is 11.5. The van der Waals surface area contributed by atoms with Crippen molar-refractivity contribution in [2.24, 2.45) is 10.9 Å². The van der Waals surface area contributed by atoms with E-state index in [1.807, 2.05) is 19.1 Å². The van der Waals surface area contributed by atoms with Gasteiger partial charge < -0.3 is 29.6 Å². The van der Waals surface area contributed by atoms with Gasteiger partial charge in [-0.25, -0.2) is 4.99 Å². The van der Waals surface area contributed by atoms with E-state index in [1.54, 1.807) is 21.3 Å². The van der Waals surface area contributed by atoms with Crippen LogP contribution in [0.2, 0.25) is 0 Å². The van der Waals surface area contributed by atoms with Gasteiger partial charge in [-0.15, -0.1) is 0 Å². The van der Waals surface area contributed by atoms with E-state index in [-0.39, 0.29) is 0 Å². The maximum Gasteiger partial charge on any atom is 0.203 e. The zero-order valence-electron chi connectivity index (χ0n) is 17.0. The van der Waals surface area contributed by atoms with E-state index in [4.69, 9.17) is 18.9 Å². The summed E-state index contributed by atoms with van der Waals surface area (Å²) in [7, 11) is 4.83. The van der Waals surface area contributed by atoms with Crippen molar-refractivity contribution in [3.63, 3.8) is 0 Å². The van der Waals surface area contributed by atoms with Gasteiger partial charge in [-0.1, -0.05) is 0 Å². The van der Waals surface area contributed by atoms with Crippen LogP contribution in [0.15, 0.2) is 17.1 Å². The number of nitrogens with zero attached hydrogens (tertiary/aromatic N) is 1. The largest absolute Gasteiger partial charge is 0.493 e. The molecule has 1 saturated carbocycles. The Morgan fingerprint density at radius 2 is 1.85 bits per heavy atom. The normalized spacial score (nSPS) is 14.0. The minimum Gasteiger partial charge on any atom is -0.493 e. The Balaban J connectivity index is 1.90. The van der Waals surface area contributed by atoms with Crippen molar-refractivity contribution in [3.05, 3.63) is 17.7 Å². The first-order valence-corrected chi connectivity index (χ1v) is 9.61. The van der Waals surface area contributed by atoms with Crippen molar-refractivity contribution in [2.75, 3.05) is 47.6 Å². The minimum atomic E-state index is 0.469. The van der Waals surface area contributed by atoms with Crippen LogP contribution in [-0.2, 0) is 11.3 Å². The van der Waals surface area contributed by atoms with E-state index in [2.05, 4.69) is 15.6 Å². The lowest BCUT2D eigenvalue weighted by Gasteiger charge is -2.15. The van der Waals surface area contributed by atoms with E-state index < -0.39 is 0 Å². The van der Waals surface area contributed by atoms with Gasteiger partial charge in [0.2, 0.25) is 5.75 Å². The van der Waals surface area contributed by atoms with E-state index >= 15 is 0 Å². The van der Waals surface area contributed by atoms with Crippen LogP contribution >= 0.6 is 0 Å². The molecule has 0 aliphatic heterocycles. The van der Waals surface area contributed by atoms with Crippen molar-refractivity contribution in [3.8, 4) is 17.2 Å². The molecule has 0 bridgehead atoms. The second-order valence-corrected chi connectivity index (χ2v) is 6.49. The summed E-state index contributed by atoms with van der Waals surface area (Å²) in [6, 6.07) is 3.81. The van der Waals surface area contributed by atoms with Crippen LogP contribution < -0.4 is 24.8 Å². The molecule has 7 nitrogen and oxygen atoms in total. The van der Waals surface area contributed by atoms with Crippen molar-refractivity contribution in [1.82, 2.24) is 10.6 Å². The molecule has 27 heavy (non-hydrogen) atoms. The summed E-state index contributed by atoms with van der Waals surface area (Å²) in [6.07, 6.45) is 3.61. The lowest BCUT2D eigenvalue weighted by Crippen LogP contribution is -2.38. The van der Waals surface area contributed by atoms with Crippen molar-refractivity contribution in [1.29, 1.82) is 0 Å². The summed E-state index contributed by atoms with van der Waals surface area (Å²) in [4.78, 5) is 4.66. The number of methoxy groups -OCH3 is 3. The average molecular weight is 380 g/mol. The maximum atomic E-state index is 5.66. The molecule has 1 aliphatic rings. The van der Waals surface area contributed by atoms with Crippen LogP contribution in [-0.4, -0.2) is 53.6 Å². The second-order valence-electron chi connectivity index (χ2n) is 6.49. The average Bonchev–Trinajstić information content (AvgIpc) is 3.51. The van der Waals surface area contributed by atoms with E-state index in [9.17, 15) is 0 Å². The fourth-order valence-electron chi connectivity index (χ4n) is 2.71. The molecule has 1 aliphatic carbocycles. The molecule has 1 fully saturated rings. The highest BCUT2D eigenvalue weighted by atomic mass is 16.5. The number of hydrogen-bond acceptors (Lipinski definition) is 5. The van der Waals surface area contributed by atoms with Gasteiger partial charge >= 0.3 is 0 Å². The molecule has 0 radical (unpaired) electrons. The molecule has 7 heteroatoms. The SMILES string of the molecule is CCNC(=NCc1ccc(OC)c(OC)c1OC)NCCCOCC1CC1. The van der Waals surface area contributed by atoms with Crippen LogP contribution in [0.25, 0.3) is 0 Å². The van der Waals surface area contributed by atoms with Gasteiger partial charge in [-0.3, -0.25) is 0 Å². The zero-order chi connectivity index (χ0) is 19.5. The highest BCUT2D eigenvalue weighted by Gasteiger charge is 2.20. The number of guanidine groups is 1. The summed E-state index contributed by atoms with van der Waals surface area (Å²) < 4.78 is 21.9. The third kappa shape index (κ3) is 6.82. The molecular formula is C20H33N3O4. The molecule has 0 unspecified atom stereocenters. The molecule has 0 amide bonds. The lowest BCUT2D eigenvalue weighted by molar-refractivity contribution is 0.123. The number of rotatable bonds is 12. The summed E-state index contributed by atoms with van der Waals surface area (Å²) in [5, 5.41) is 6.61. The Labute approximate surface area is 162 Å². The van der Waals surface area contributed by atoms with E-state index in [1.165, 1.54) is 12.8 Å². The molecule has 0 saturated heterocycles. The van der Waals surface area contributed by atoms with Gasteiger partial charge in [-0.2, -0.15) is 0 Å². The first kappa shape index (κ1) is 21.2. The monoisotopic (exact) mass is 379 g/mol. The van der Waals surface area contributed by atoms with Gasteiger partial charge in [0.15, 0.2) is 17.5 Å². The van der Waals surface area contributed by atoms with Crippen LogP contribution in [0, 0.1) is 5.92 Å². The summed E-state index contributed by atoms with van der Waals surface area (Å²) in [5.41, 5.74) is 0.931. The van der Waals surface area contributed by atoms with Crippen molar-refractivity contribution in [2.45, 2.75) is 32.7 Å². The maximum absolute atomic E-state index is 5.66. The molecule has 2 N–H and O–H groups in total. The van der Waals surface area contributed by atoms with Crippen LogP contribution in [0.1, 0.15) is 31.7 Å². The Bertz CT molecular complexity index is 603. The third-order valence-electron chi connectivity index (χ3n) is 4.35.